The molecule has 0 atom stereocenters. The van der Waals surface area contributed by atoms with Crippen LogP contribution in [0.2, 0.25) is 5.02 Å². The largest absolute Gasteiger partial charge is 0.495 e. The quantitative estimate of drug-likeness (QED) is 0.786. The minimum absolute atomic E-state index is 0.183. The third-order valence-corrected chi connectivity index (χ3v) is 4.43. The summed E-state index contributed by atoms with van der Waals surface area (Å²) in [5.74, 6) is 0.504. The molecule has 0 fully saturated rings. The van der Waals surface area contributed by atoms with E-state index in [1.54, 1.807) is 18.2 Å². The Morgan fingerprint density at radius 1 is 1.11 bits per heavy atom. The molecule has 0 unspecified atom stereocenters. The highest BCUT2D eigenvalue weighted by Crippen LogP contribution is 2.38. The number of carbonyl (C=O) groups is 2. The number of carbonyl (C=O) groups excluding carboxylic acids is 2. The van der Waals surface area contributed by atoms with Gasteiger partial charge in [0, 0.05) is 37.7 Å². The zero-order valence-corrected chi connectivity index (χ0v) is 16.6. The van der Waals surface area contributed by atoms with Crippen molar-refractivity contribution in [1.29, 1.82) is 0 Å². The Hall–Kier alpha value is -2.73. The van der Waals surface area contributed by atoms with Crippen LogP contribution < -0.4 is 19.7 Å². The number of benzene rings is 2. The number of methoxy groups -OCH3 is 2. The highest BCUT2D eigenvalue weighted by Gasteiger charge is 2.19. The van der Waals surface area contributed by atoms with Crippen LogP contribution in [-0.4, -0.2) is 39.1 Å². The molecule has 0 aliphatic heterocycles. The highest BCUT2D eigenvalue weighted by molar-refractivity contribution is 6.32. The number of aryl methyl sites for hydroxylation is 1. The normalized spacial score (nSPS) is 10.3. The van der Waals surface area contributed by atoms with Crippen LogP contribution in [0.4, 0.5) is 5.69 Å². The number of anilines is 1. The van der Waals surface area contributed by atoms with E-state index in [0.717, 1.165) is 5.56 Å². The summed E-state index contributed by atoms with van der Waals surface area (Å²) in [4.78, 5) is 26.0. The van der Waals surface area contributed by atoms with Gasteiger partial charge in [-0.1, -0.05) is 29.8 Å². The SMILES string of the molecule is COc1cc(N(CCNC(=O)c2ccccc2C)C(C)=O)c(OC)cc1Cl. The smallest absolute Gasteiger partial charge is 0.251 e. The van der Waals surface area contributed by atoms with Gasteiger partial charge in [-0.3, -0.25) is 9.59 Å². The molecule has 2 amide bonds. The molecule has 0 aliphatic rings. The number of halogens is 1. The predicted molar refractivity (Wildman–Crippen MR) is 106 cm³/mol. The van der Waals surface area contributed by atoms with E-state index in [0.29, 0.717) is 27.8 Å². The van der Waals surface area contributed by atoms with E-state index in [-0.39, 0.29) is 24.9 Å². The fraction of sp³-hybridized carbons (Fsp3) is 0.300. The first-order valence-electron chi connectivity index (χ1n) is 8.42. The molecule has 0 radical (unpaired) electrons. The lowest BCUT2D eigenvalue weighted by Crippen LogP contribution is -2.38. The average molecular weight is 391 g/mol. The molecule has 0 saturated heterocycles. The summed E-state index contributed by atoms with van der Waals surface area (Å²) in [7, 11) is 3.00. The van der Waals surface area contributed by atoms with Crippen LogP contribution in [0.5, 0.6) is 11.5 Å². The molecule has 0 heterocycles. The van der Waals surface area contributed by atoms with Gasteiger partial charge in [0.05, 0.1) is 24.9 Å². The number of nitrogens with one attached hydrogen (secondary N) is 1. The van der Waals surface area contributed by atoms with Crippen LogP contribution in [-0.2, 0) is 4.79 Å². The fourth-order valence-electron chi connectivity index (χ4n) is 2.71. The first-order valence-corrected chi connectivity index (χ1v) is 8.80. The molecule has 27 heavy (non-hydrogen) atoms. The molecular formula is C20H23ClN2O4. The first kappa shape index (κ1) is 20.6. The summed E-state index contributed by atoms with van der Waals surface area (Å²) in [6.07, 6.45) is 0. The lowest BCUT2D eigenvalue weighted by molar-refractivity contribution is -0.116. The van der Waals surface area contributed by atoms with E-state index in [9.17, 15) is 9.59 Å². The molecule has 1 N–H and O–H groups in total. The van der Waals surface area contributed by atoms with Gasteiger partial charge in [-0.25, -0.2) is 0 Å². The van der Waals surface area contributed by atoms with Crippen molar-refractivity contribution in [1.82, 2.24) is 5.32 Å². The summed E-state index contributed by atoms with van der Waals surface area (Å²) in [5, 5.41) is 3.23. The van der Waals surface area contributed by atoms with Gasteiger partial charge >= 0.3 is 0 Å². The van der Waals surface area contributed by atoms with E-state index in [2.05, 4.69) is 5.32 Å². The summed E-state index contributed by atoms with van der Waals surface area (Å²) in [6, 6.07) is 10.6. The monoisotopic (exact) mass is 390 g/mol. The summed E-state index contributed by atoms with van der Waals surface area (Å²) < 4.78 is 10.6. The second kappa shape index (κ2) is 9.28. The van der Waals surface area contributed by atoms with Crippen LogP contribution in [0.1, 0.15) is 22.8 Å². The molecule has 0 aromatic heterocycles. The first-order chi connectivity index (χ1) is 12.9. The summed E-state index contributed by atoms with van der Waals surface area (Å²) in [5.41, 5.74) is 2.02. The highest BCUT2D eigenvalue weighted by atomic mass is 35.5. The minimum Gasteiger partial charge on any atom is -0.495 e. The van der Waals surface area contributed by atoms with Crippen molar-refractivity contribution < 1.29 is 19.1 Å². The van der Waals surface area contributed by atoms with E-state index >= 15 is 0 Å². The zero-order chi connectivity index (χ0) is 20.0. The standard InChI is InChI=1S/C20H23ClN2O4/c1-13-7-5-6-8-15(13)20(25)22-9-10-23(14(2)24)17-12-18(26-3)16(21)11-19(17)27-4/h5-8,11-12H,9-10H2,1-4H3,(H,22,25). The van der Waals surface area contributed by atoms with Gasteiger partial charge in [-0.05, 0) is 18.6 Å². The van der Waals surface area contributed by atoms with Gasteiger partial charge in [0.15, 0.2) is 0 Å². The summed E-state index contributed by atoms with van der Waals surface area (Å²) in [6.45, 7) is 3.88. The van der Waals surface area contributed by atoms with E-state index < -0.39 is 0 Å². The molecule has 0 saturated carbocycles. The number of hydrogen-bond donors (Lipinski definition) is 1. The van der Waals surface area contributed by atoms with Gasteiger partial charge in [0.2, 0.25) is 5.91 Å². The van der Waals surface area contributed by atoms with Crippen molar-refractivity contribution in [2.75, 3.05) is 32.2 Å². The van der Waals surface area contributed by atoms with Crippen LogP contribution in [0.3, 0.4) is 0 Å². The average Bonchev–Trinajstić information content (AvgIpc) is 2.65. The lowest BCUT2D eigenvalue weighted by Gasteiger charge is -2.24. The Labute approximate surface area is 164 Å². The number of nitrogens with zero attached hydrogens (tertiary/aromatic N) is 1. The lowest BCUT2D eigenvalue weighted by atomic mass is 10.1. The molecule has 2 aromatic rings. The maximum Gasteiger partial charge on any atom is 0.251 e. The Morgan fingerprint density at radius 3 is 2.37 bits per heavy atom. The second-order valence-electron chi connectivity index (χ2n) is 5.90. The van der Waals surface area contributed by atoms with E-state index in [1.165, 1.54) is 26.0 Å². The second-order valence-corrected chi connectivity index (χ2v) is 6.31. The van der Waals surface area contributed by atoms with Gasteiger partial charge in [-0.15, -0.1) is 0 Å². The van der Waals surface area contributed by atoms with Crippen molar-refractivity contribution in [3.05, 3.63) is 52.5 Å². The molecule has 2 rings (SSSR count). The molecule has 7 heteroatoms. The van der Waals surface area contributed by atoms with Gasteiger partial charge in [-0.2, -0.15) is 0 Å². The van der Waals surface area contributed by atoms with Crippen LogP contribution in [0.25, 0.3) is 0 Å². The van der Waals surface area contributed by atoms with Gasteiger partial charge < -0.3 is 19.7 Å². The van der Waals surface area contributed by atoms with Crippen molar-refractivity contribution in [2.45, 2.75) is 13.8 Å². The number of amides is 2. The van der Waals surface area contributed by atoms with Crippen molar-refractivity contribution >= 4 is 29.1 Å². The zero-order valence-electron chi connectivity index (χ0n) is 15.8. The maximum absolute atomic E-state index is 12.3. The molecule has 0 bridgehead atoms. The molecule has 6 nitrogen and oxygen atoms in total. The van der Waals surface area contributed by atoms with Crippen LogP contribution in [0, 0.1) is 6.92 Å². The van der Waals surface area contributed by atoms with Gasteiger partial charge in [0.25, 0.3) is 5.91 Å². The Kier molecular flexibility index (Phi) is 7.07. The van der Waals surface area contributed by atoms with Crippen molar-refractivity contribution in [3.63, 3.8) is 0 Å². The molecule has 144 valence electrons. The Morgan fingerprint density at radius 2 is 1.78 bits per heavy atom. The number of ether oxygens (including phenoxy) is 2. The van der Waals surface area contributed by atoms with E-state index in [4.69, 9.17) is 21.1 Å². The van der Waals surface area contributed by atoms with Crippen LogP contribution >= 0.6 is 11.6 Å². The minimum atomic E-state index is -0.192. The predicted octanol–water partition coefficient (Wildman–Crippen LogP) is 3.45. The summed E-state index contributed by atoms with van der Waals surface area (Å²) >= 11 is 6.13. The Bertz CT molecular complexity index is 839. The number of hydrogen-bond acceptors (Lipinski definition) is 4. The molecule has 0 spiro atoms. The van der Waals surface area contributed by atoms with Gasteiger partial charge in [0.1, 0.15) is 11.5 Å². The third-order valence-electron chi connectivity index (χ3n) is 4.13. The molecule has 2 aromatic carbocycles. The van der Waals surface area contributed by atoms with Crippen molar-refractivity contribution in [2.24, 2.45) is 0 Å². The van der Waals surface area contributed by atoms with Crippen LogP contribution in [0.15, 0.2) is 36.4 Å². The number of rotatable bonds is 7. The van der Waals surface area contributed by atoms with Crippen molar-refractivity contribution in [3.8, 4) is 11.5 Å². The Balaban J connectivity index is 2.16. The fourth-order valence-corrected chi connectivity index (χ4v) is 2.94. The third kappa shape index (κ3) is 4.92. The van der Waals surface area contributed by atoms with E-state index in [1.807, 2.05) is 25.1 Å². The topological polar surface area (TPSA) is 67.9 Å². The maximum atomic E-state index is 12.3. The molecular weight excluding hydrogens is 368 g/mol. The molecule has 0 aliphatic carbocycles.